The summed E-state index contributed by atoms with van der Waals surface area (Å²) in [4.78, 5) is 2.65. The lowest BCUT2D eigenvalue weighted by atomic mass is 10.2. The first kappa shape index (κ1) is 13.1. The Kier molecular flexibility index (Phi) is 5.49. The van der Waals surface area contributed by atoms with Gasteiger partial charge in [0.1, 0.15) is 0 Å². The molecule has 1 aliphatic rings. The fourth-order valence-corrected chi connectivity index (χ4v) is 2.92. The molecule has 0 amide bonds. The van der Waals surface area contributed by atoms with Crippen molar-refractivity contribution in [2.75, 3.05) is 26.2 Å². The predicted octanol–water partition coefficient (Wildman–Crippen LogP) is 2.75. The lowest BCUT2D eigenvalue weighted by Gasteiger charge is -2.21. The summed E-state index contributed by atoms with van der Waals surface area (Å²) in [6, 6.07) is 3.13. The standard InChI is InChI=1S/C14H24N2S/c1-2-9-16(14-3-4-14)10-8-15-7-5-13-6-11-17-12-13/h6,11-12,14-15H,2-5,7-10H2,1H3. The van der Waals surface area contributed by atoms with E-state index in [1.165, 1.54) is 44.3 Å². The van der Waals surface area contributed by atoms with Crippen molar-refractivity contribution in [2.24, 2.45) is 0 Å². The molecular weight excluding hydrogens is 228 g/mol. The zero-order chi connectivity index (χ0) is 11.9. The highest BCUT2D eigenvalue weighted by atomic mass is 32.1. The van der Waals surface area contributed by atoms with Gasteiger partial charge in [0.15, 0.2) is 0 Å². The van der Waals surface area contributed by atoms with Crippen LogP contribution < -0.4 is 5.32 Å². The Morgan fingerprint density at radius 2 is 2.24 bits per heavy atom. The Hall–Kier alpha value is -0.380. The van der Waals surface area contributed by atoms with E-state index in [4.69, 9.17) is 0 Å². The Bertz CT molecular complexity index is 293. The van der Waals surface area contributed by atoms with E-state index in [0.717, 1.165) is 19.1 Å². The minimum Gasteiger partial charge on any atom is -0.315 e. The molecule has 0 atom stereocenters. The monoisotopic (exact) mass is 252 g/mol. The topological polar surface area (TPSA) is 15.3 Å². The summed E-state index contributed by atoms with van der Waals surface area (Å²) in [6.45, 7) is 7.03. The number of nitrogens with one attached hydrogen (secondary N) is 1. The molecule has 1 saturated carbocycles. The van der Waals surface area contributed by atoms with E-state index in [0.29, 0.717) is 0 Å². The maximum atomic E-state index is 3.56. The highest BCUT2D eigenvalue weighted by molar-refractivity contribution is 7.07. The molecule has 2 rings (SSSR count). The van der Waals surface area contributed by atoms with E-state index in [2.05, 4.69) is 34.0 Å². The first-order valence-corrected chi connectivity index (χ1v) is 7.80. The summed E-state index contributed by atoms with van der Waals surface area (Å²) in [5.74, 6) is 0. The maximum Gasteiger partial charge on any atom is 0.0110 e. The molecule has 0 spiro atoms. The summed E-state index contributed by atoms with van der Waals surface area (Å²) in [5.41, 5.74) is 1.47. The summed E-state index contributed by atoms with van der Waals surface area (Å²) < 4.78 is 0. The second-order valence-electron chi connectivity index (χ2n) is 4.90. The highest BCUT2D eigenvalue weighted by Crippen LogP contribution is 2.26. The minimum atomic E-state index is 0.911. The quantitative estimate of drug-likeness (QED) is 0.680. The largest absolute Gasteiger partial charge is 0.315 e. The van der Waals surface area contributed by atoms with E-state index in [1.807, 2.05) is 0 Å². The highest BCUT2D eigenvalue weighted by Gasteiger charge is 2.27. The van der Waals surface area contributed by atoms with Gasteiger partial charge in [-0.2, -0.15) is 11.3 Å². The molecule has 3 heteroatoms. The SMILES string of the molecule is CCCN(CCNCCc1ccsc1)C1CC1. The van der Waals surface area contributed by atoms with Crippen LogP contribution in [-0.2, 0) is 6.42 Å². The van der Waals surface area contributed by atoms with Crippen LogP contribution in [0.1, 0.15) is 31.7 Å². The lowest BCUT2D eigenvalue weighted by Crippen LogP contribution is -2.34. The molecule has 1 heterocycles. The fourth-order valence-electron chi connectivity index (χ4n) is 2.22. The van der Waals surface area contributed by atoms with Crippen LogP contribution in [0.15, 0.2) is 16.8 Å². The summed E-state index contributed by atoms with van der Waals surface area (Å²) >= 11 is 1.79. The van der Waals surface area contributed by atoms with Crippen molar-refractivity contribution >= 4 is 11.3 Å². The third-order valence-electron chi connectivity index (χ3n) is 3.32. The van der Waals surface area contributed by atoms with Gasteiger partial charge in [-0.05, 0) is 61.2 Å². The average Bonchev–Trinajstić information content (AvgIpc) is 3.05. The van der Waals surface area contributed by atoms with E-state index in [-0.39, 0.29) is 0 Å². The Labute approximate surface area is 109 Å². The van der Waals surface area contributed by atoms with Crippen molar-refractivity contribution < 1.29 is 0 Å². The number of rotatable bonds is 9. The molecule has 1 aromatic heterocycles. The van der Waals surface area contributed by atoms with Gasteiger partial charge in [0.25, 0.3) is 0 Å². The maximum absolute atomic E-state index is 3.56. The molecule has 0 radical (unpaired) electrons. The Morgan fingerprint density at radius 1 is 1.35 bits per heavy atom. The van der Waals surface area contributed by atoms with Crippen LogP contribution in [0.5, 0.6) is 0 Å². The van der Waals surface area contributed by atoms with Crippen molar-refractivity contribution in [2.45, 2.75) is 38.6 Å². The van der Waals surface area contributed by atoms with Crippen LogP contribution >= 0.6 is 11.3 Å². The van der Waals surface area contributed by atoms with Gasteiger partial charge in [-0.25, -0.2) is 0 Å². The zero-order valence-electron chi connectivity index (χ0n) is 10.8. The summed E-state index contributed by atoms with van der Waals surface area (Å²) in [6.07, 6.45) is 5.30. The Balaban J connectivity index is 1.52. The molecule has 1 fully saturated rings. The van der Waals surface area contributed by atoms with Crippen molar-refractivity contribution in [3.63, 3.8) is 0 Å². The molecule has 0 unspecified atom stereocenters. The molecule has 1 N–H and O–H groups in total. The molecule has 1 aliphatic carbocycles. The molecule has 96 valence electrons. The average molecular weight is 252 g/mol. The fraction of sp³-hybridized carbons (Fsp3) is 0.714. The number of hydrogen-bond donors (Lipinski definition) is 1. The molecule has 0 bridgehead atoms. The first-order valence-electron chi connectivity index (χ1n) is 6.86. The second-order valence-corrected chi connectivity index (χ2v) is 5.68. The van der Waals surface area contributed by atoms with Gasteiger partial charge in [-0.3, -0.25) is 4.90 Å². The van der Waals surface area contributed by atoms with Gasteiger partial charge >= 0.3 is 0 Å². The summed E-state index contributed by atoms with van der Waals surface area (Å²) in [5, 5.41) is 7.96. The van der Waals surface area contributed by atoms with Crippen molar-refractivity contribution in [1.29, 1.82) is 0 Å². The molecule has 0 aromatic carbocycles. The second kappa shape index (κ2) is 7.14. The van der Waals surface area contributed by atoms with Gasteiger partial charge in [-0.1, -0.05) is 6.92 Å². The van der Waals surface area contributed by atoms with Gasteiger partial charge in [0, 0.05) is 19.1 Å². The van der Waals surface area contributed by atoms with Gasteiger partial charge in [0.05, 0.1) is 0 Å². The predicted molar refractivity (Wildman–Crippen MR) is 75.8 cm³/mol. The zero-order valence-corrected chi connectivity index (χ0v) is 11.6. The molecular formula is C14H24N2S. The number of thiophene rings is 1. The molecule has 17 heavy (non-hydrogen) atoms. The third-order valence-corrected chi connectivity index (χ3v) is 4.05. The van der Waals surface area contributed by atoms with Crippen LogP contribution in [0.25, 0.3) is 0 Å². The van der Waals surface area contributed by atoms with Crippen molar-refractivity contribution in [3.05, 3.63) is 22.4 Å². The van der Waals surface area contributed by atoms with Crippen LogP contribution in [0.4, 0.5) is 0 Å². The van der Waals surface area contributed by atoms with Crippen LogP contribution in [0.2, 0.25) is 0 Å². The van der Waals surface area contributed by atoms with Gasteiger partial charge in [0.2, 0.25) is 0 Å². The first-order chi connectivity index (χ1) is 8.40. The van der Waals surface area contributed by atoms with Crippen molar-refractivity contribution in [3.8, 4) is 0 Å². The molecule has 0 aliphatic heterocycles. The molecule has 2 nitrogen and oxygen atoms in total. The van der Waals surface area contributed by atoms with Gasteiger partial charge < -0.3 is 5.32 Å². The van der Waals surface area contributed by atoms with E-state index in [1.54, 1.807) is 11.3 Å². The lowest BCUT2D eigenvalue weighted by molar-refractivity contribution is 0.264. The van der Waals surface area contributed by atoms with Crippen LogP contribution in [0.3, 0.4) is 0 Å². The normalized spacial score (nSPS) is 15.6. The van der Waals surface area contributed by atoms with Gasteiger partial charge in [-0.15, -0.1) is 0 Å². The summed E-state index contributed by atoms with van der Waals surface area (Å²) in [7, 11) is 0. The minimum absolute atomic E-state index is 0.911. The smallest absolute Gasteiger partial charge is 0.0110 e. The van der Waals surface area contributed by atoms with E-state index < -0.39 is 0 Å². The number of nitrogens with zero attached hydrogens (tertiary/aromatic N) is 1. The number of hydrogen-bond acceptors (Lipinski definition) is 3. The van der Waals surface area contributed by atoms with Crippen LogP contribution in [0, 0.1) is 0 Å². The molecule has 1 aromatic rings. The van der Waals surface area contributed by atoms with Crippen molar-refractivity contribution in [1.82, 2.24) is 10.2 Å². The Morgan fingerprint density at radius 3 is 2.88 bits per heavy atom. The van der Waals surface area contributed by atoms with E-state index in [9.17, 15) is 0 Å². The third kappa shape index (κ3) is 4.78. The molecule has 0 saturated heterocycles. The van der Waals surface area contributed by atoms with E-state index >= 15 is 0 Å². The van der Waals surface area contributed by atoms with Crippen LogP contribution in [-0.4, -0.2) is 37.1 Å².